The van der Waals surface area contributed by atoms with Crippen molar-refractivity contribution in [3.05, 3.63) is 265 Å². The van der Waals surface area contributed by atoms with Gasteiger partial charge in [0.2, 0.25) is 0 Å². The molecule has 0 saturated heterocycles. The van der Waals surface area contributed by atoms with Crippen molar-refractivity contribution in [2.45, 2.75) is 27.7 Å². The van der Waals surface area contributed by atoms with Gasteiger partial charge < -0.3 is 24.8 Å². The molecule has 0 spiro atoms. The van der Waals surface area contributed by atoms with Crippen LogP contribution in [0.1, 0.15) is 22.3 Å². The molecule has 0 heterocycles. The van der Waals surface area contributed by atoms with Gasteiger partial charge in [-0.05, 0) is 0 Å². The molecule has 12 aromatic rings. The van der Waals surface area contributed by atoms with Crippen LogP contribution in [0.2, 0.25) is 0 Å². The molecule has 0 aromatic heterocycles. The van der Waals surface area contributed by atoms with E-state index in [4.69, 9.17) is 0 Å². The molecule has 0 amide bonds. The van der Waals surface area contributed by atoms with Crippen molar-refractivity contribution in [3.8, 4) is 44.5 Å². The smallest absolute Gasteiger partial charge is 1.00 e. The normalized spacial score (nSPS) is 10.2. The molecule has 0 bridgehead atoms. The van der Waals surface area contributed by atoms with E-state index in [9.17, 15) is 0 Å². The van der Waals surface area contributed by atoms with Crippen LogP contribution in [0.15, 0.2) is 243 Å². The summed E-state index contributed by atoms with van der Waals surface area (Å²) in [4.78, 5) is 0. The molecule has 12 aromatic carbocycles. The largest absolute Gasteiger partial charge is 2.00 e. The Morgan fingerprint density at radius 3 is 0.603 bits per heavy atom. The predicted octanol–water partition coefficient (Wildman–Crippen LogP) is 12.1. The van der Waals surface area contributed by atoms with Crippen molar-refractivity contribution in [2.75, 3.05) is 0 Å². The Kier molecular flexibility index (Phi) is 19.9. The van der Waals surface area contributed by atoms with Gasteiger partial charge in [0.15, 0.2) is 0 Å². The number of rotatable bonds is 4. The summed E-state index contributed by atoms with van der Waals surface area (Å²) in [7, 11) is 0. The van der Waals surface area contributed by atoms with Gasteiger partial charge in [0.25, 0.3) is 0 Å². The average Bonchev–Trinajstić information content (AvgIpc) is 4.16. The first-order valence-corrected chi connectivity index (χ1v) is 22.3. The third-order valence-electron chi connectivity index (χ3n) is 12.5. The minimum absolute atomic E-state index is 0. The van der Waals surface area contributed by atoms with E-state index in [0.717, 1.165) is 0 Å². The topological polar surface area (TPSA) is 0 Å². The first-order chi connectivity index (χ1) is 31.4. The van der Waals surface area contributed by atoms with E-state index >= 15 is 0 Å². The van der Waals surface area contributed by atoms with Gasteiger partial charge in [0.1, 0.15) is 0 Å². The van der Waals surface area contributed by atoms with Gasteiger partial charge >= 0.3 is 52.4 Å². The van der Waals surface area contributed by atoms with Gasteiger partial charge in [-0.3, -0.25) is 0 Å². The first kappa shape index (κ1) is 53.5. The van der Waals surface area contributed by atoms with Crippen LogP contribution in [0.25, 0.3) is 87.6 Å². The van der Waals surface area contributed by atoms with Gasteiger partial charge in [-0.25, -0.2) is 0 Å². The van der Waals surface area contributed by atoms with Crippen LogP contribution in [0.5, 0.6) is 0 Å². The van der Waals surface area contributed by atoms with E-state index in [1.165, 1.54) is 110 Å². The maximum atomic E-state index is 2.22. The molecule has 0 aliphatic carbocycles. The van der Waals surface area contributed by atoms with Crippen molar-refractivity contribution in [2.24, 2.45) is 0 Å². The third kappa shape index (κ3) is 11.9. The molecule has 0 saturated carbocycles. The number of benzene rings is 8. The summed E-state index contributed by atoms with van der Waals surface area (Å²) in [5.41, 5.74) is 16.0. The molecule has 0 N–H and O–H groups in total. The molecular formula is C64H52Cl2Zr2-2. The van der Waals surface area contributed by atoms with Crippen LogP contribution in [0.3, 0.4) is 0 Å². The second-order valence-corrected chi connectivity index (χ2v) is 16.6. The number of hydrogen-bond acceptors (Lipinski definition) is 0. The Morgan fingerprint density at radius 2 is 0.397 bits per heavy atom. The third-order valence-corrected chi connectivity index (χ3v) is 12.5. The molecule has 68 heavy (non-hydrogen) atoms. The Bertz CT molecular complexity index is 3000. The quantitative estimate of drug-likeness (QED) is 0.154. The van der Waals surface area contributed by atoms with Crippen molar-refractivity contribution < 1.29 is 77.2 Å². The van der Waals surface area contributed by atoms with E-state index in [1.807, 2.05) is 0 Å². The van der Waals surface area contributed by atoms with Crippen LogP contribution in [0, 0.1) is 27.7 Å². The molecule has 0 aliphatic heterocycles. The van der Waals surface area contributed by atoms with E-state index in [1.54, 1.807) is 0 Å². The number of aryl methyl sites for hydroxylation is 4. The summed E-state index contributed by atoms with van der Waals surface area (Å²) in [6.07, 6.45) is 0. The fourth-order valence-electron chi connectivity index (χ4n) is 9.04. The Labute approximate surface area is 453 Å². The minimum atomic E-state index is 0. The summed E-state index contributed by atoms with van der Waals surface area (Å²) in [5.74, 6) is 0. The minimum Gasteiger partial charge on any atom is -1.00 e. The van der Waals surface area contributed by atoms with Gasteiger partial charge in [-0.15, -0.1) is 97.1 Å². The van der Waals surface area contributed by atoms with Crippen LogP contribution < -0.4 is 24.8 Å². The second kappa shape index (κ2) is 25.2. The van der Waals surface area contributed by atoms with Crippen molar-refractivity contribution in [3.63, 3.8) is 0 Å². The Balaban J connectivity index is 0.000000166. The van der Waals surface area contributed by atoms with Crippen LogP contribution in [-0.4, -0.2) is 0 Å². The zero-order valence-corrected chi connectivity index (χ0v) is 45.3. The second-order valence-electron chi connectivity index (χ2n) is 16.6. The Morgan fingerprint density at radius 1 is 0.221 bits per heavy atom. The fourth-order valence-corrected chi connectivity index (χ4v) is 9.04. The van der Waals surface area contributed by atoms with E-state index in [2.05, 4.69) is 270 Å². The van der Waals surface area contributed by atoms with Crippen LogP contribution in [-0.2, 0) is 52.4 Å². The van der Waals surface area contributed by atoms with Gasteiger partial charge in [-0.1, -0.05) is 283 Å². The molecule has 0 fully saturated rings. The summed E-state index contributed by atoms with van der Waals surface area (Å²) in [6, 6.07) is 86.0. The van der Waals surface area contributed by atoms with Crippen LogP contribution in [0.4, 0.5) is 0 Å². The zero-order valence-electron chi connectivity index (χ0n) is 38.8. The molecule has 0 atom stereocenters. The molecular weight excluding hydrogens is 1020 g/mol. The van der Waals surface area contributed by atoms with E-state index < -0.39 is 0 Å². The van der Waals surface area contributed by atoms with E-state index in [-0.39, 0.29) is 77.2 Å². The molecule has 332 valence electrons. The monoisotopic (exact) mass is 1070 g/mol. The molecule has 4 heteroatoms. The van der Waals surface area contributed by atoms with Crippen LogP contribution >= 0.6 is 0 Å². The van der Waals surface area contributed by atoms with Gasteiger partial charge in [-0.2, -0.15) is 0 Å². The zero-order chi connectivity index (χ0) is 43.8. The number of hydrogen-bond donors (Lipinski definition) is 0. The van der Waals surface area contributed by atoms with Crippen molar-refractivity contribution in [1.29, 1.82) is 0 Å². The predicted molar refractivity (Wildman–Crippen MR) is 279 cm³/mol. The molecule has 0 radical (unpaired) electrons. The molecule has 0 aliphatic rings. The molecule has 0 unspecified atom stereocenters. The molecule has 0 nitrogen and oxygen atoms in total. The van der Waals surface area contributed by atoms with Crippen molar-refractivity contribution in [1.82, 2.24) is 0 Å². The maximum absolute atomic E-state index is 2.22. The molecule has 12 rings (SSSR count). The average molecular weight is 1070 g/mol. The Hall–Kier alpha value is -5.45. The standard InChI is InChI=1S/4C16H13.2ClH.2Zr/c4*1-12-6-2-4-8-14(12)16-11-10-13-7-3-5-9-15(13)16;;;;/h4*2-11H,1H3;2*1H;;/q4*-1;;;2*+2/p-2. The number of halogens is 2. The fraction of sp³-hybridized carbons (Fsp3) is 0.0625. The maximum Gasteiger partial charge on any atom is 2.00 e. The summed E-state index contributed by atoms with van der Waals surface area (Å²) >= 11 is 0. The van der Waals surface area contributed by atoms with Crippen molar-refractivity contribution >= 4 is 43.1 Å². The summed E-state index contributed by atoms with van der Waals surface area (Å²) in [5, 5.41) is 10.7. The first-order valence-electron chi connectivity index (χ1n) is 22.3. The summed E-state index contributed by atoms with van der Waals surface area (Å²) in [6.45, 7) is 8.66. The van der Waals surface area contributed by atoms with Gasteiger partial charge in [0.05, 0.1) is 0 Å². The van der Waals surface area contributed by atoms with E-state index in [0.29, 0.717) is 0 Å². The summed E-state index contributed by atoms with van der Waals surface area (Å²) < 4.78 is 0. The number of fused-ring (bicyclic) bond motifs is 4. The SMILES string of the molecule is Cc1ccccc1-[c-]1ccc2ccccc21.Cc1ccccc1-[c-]1ccc2ccccc21.Cc1ccccc1-[c-]1ccc2ccccc21.Cc1ccccc1-[c-]1ccc2ccccc21.[Cl-].[Cl-].[Zr+2].[Zr+2]. The van der Waals surface area contributed by atoms with Gasteiger partial charge in [0, 0.05) is 0 Å².